The molecule has 30 heavy (non-hydrogen) atoms. The van der Waals surface area contributed by atoms with Gasteiger partial charge in [-0.2, -0.15) is 5.10 Å². The predicted molar refractivity (Wildman–Crippen MR) is 120 cm³/mol. The molecule has 2 N–H and O–H groups in total. The molecule has 7 heteroatoms. The lowest BCUT2D eigenvalue weighted by molar-refractivity contribution is 0.0956. The number of phenols is 1. The number of hydrogen-bond acceptors (Lipinski definition) is 4. The first-order valence-electron chi connectivity index (χ1n) is 8.99. The molecule has 1 amide bonds. The Labute approximate surface area is 182 Å². The van der Waals surface area contributed by atoms with Gasteiger partial charge in [-0.05, 0) is 60.2 Å². The van der Waals surface area contributed by atoms with E-state index < -0.39 is 0 Å². The first kappa shape index (κ1) is 19.9. The van der Waals surface area contributed by atoms with Crippen molar-refractivity contribution in [1.29, 1.82) is 0 Å². The second kappa shape index (κ2) is 8.53. The number of fused-ring (bicyclic) bond motifs is 1. The van der Waals surface area contributed by atoms with Crippen molar-refractivity contribution in [2.75, 3.05) is 0 Å². The smallest absolute Gasteiger partial charge is 0.272 e. The highest BCUT2D eigenvalue weighted by atomic mass is 35.5. The maximum Gasteiger partial charge on any atom is 0.272 e. The first-order chi connectivity index (χ1) is 14.5. The summed E-state index contributed by atoms with van der Waals surface area (Å²) in [5, 5.41) is 15.0. The lowest BCUT2D eigenvalue weighted by Gasteiger charge is -2.10. The van der Waals surface area contributed by atoms with Crippen LogP contribution in [0.25, 0.3) is 22.2 Å². The Morgan fingerprint density at radius 1 is 1.00 bits per heavy atom. The average molecular weight is 436 g/mol. The Balaban J connectivity index is 1.70. The molecule has 3 aromatic carbocycles. The molecule has 0 saturated heterocycles. The standard InChI is InChI=1S/C23H15Cl2N3O2/c24-15-7-10-18(20(25)11-15)22-12-19(17-3-1-2-4-21(17)27-22)23(30)28-26-13-14-5-8-16(29)9-6-14/h1-13,29H,(H,28,30)/b26-13-. The minimum Gasteiger partial charge on any atom is -0.508 e. The SMILES string of the molecule is O=C(N/N=C\c1ccc(O)cc1)c1cc(-c2ccc(Cl)cc2Cl)nc2ccccc12. The number of nitrogens with one attached hydrogen (secondary N) is 1. The third-order valence-electron chi connectivity index (χ3n) is 4.44. The van der Waals surface area contributed by atoms with Gasteiger partial charge < -0.3 is 5.11 Å². The van der Waals surface area contributed by atoms with Crippen molar-refractivity contribution in [2.45, 2.75) is 0 Å². The molecule has 0 atom stereocenters. The maximum atomic E-state index is 12.9. The number of phenolic OH excluding ortho intramolecular Hbond substituents is 1. The van der Waals surface area contributed by atoms with E-state index in [9.17, 15) is 9.90 Å². The number of para-hydroxylation sites is 1. The van der Waals surface area contributed by atoms with E-state index in [1.807, 2.05) is 24.3 Å². The first-order valence-corrected chi connectivity index (χ1v) is 9.74. The van der Waals surface area contributed by atoms with Crippen molar-refractivity contribution >= 4 is 46.2 Å². The van der Waals surface area contributed by atoms with Gasteiger partial charge in [0.05, 0.1) is 28.0 Å². The Bertz CT molecular complexity index is 1270. The van der Waals surface area contributed by atoms with Crippen LogP contribution in [0.2, 0.25) is 10.0 Å². The molecule has 0 aliphatic rings. The topological polar surface area (TPSA) is 74.6 Å². The van der Waals surface area contributed by atoms with Crippen molar-refractivity contribution in [3.63, 3.8) is 0 Å². The molecule has 5 nitrogen and oxygen atoms in total. The third kappa shape index (κ3) is 4.27. The zero-order valence-electron chi connectivity index (χ0n) is 15.5. The number of aromatic hydroxyl groups is 1. The number of aromatic nitrogens is 1. The number of hydrazone groups is 1. The van der Waals surface area contributed by atoms with Gasteiger partial charge in [-0.15, -0.1) is 0 Å². The number of pyridine rings is 1. The summed E-state index contributed by atoms with van der Waals surface area (Å²) in [6, 6.07) is 20.6. The number of hydrogen-bond donors (Lipinski definition) is 2. The lowest BCUT2D eigenvalue weighted by Crippen LogP contribution is -2.18. The monoisotopic (exact) mass is 435 g/mol. The zero-order chi connectivity index (χ0) is 21.1. The van der Waals surface area contributed by atoms with Crippen LogP contribution in [0.1, 0.15) is 15.9 Å². The van der Waals surface area contributed by atoms with E-state index >= 15 is 0 Å². The lowest BCUT2D eigenvalue weighted by atomic mass is 10.0. The Hall–Kier alpha value is -3.41. The minimum absolute atomic E-state index is 0.160. The molecule has 0 unspecified atom stereocenters. The van der Waals surface area contributed by atoms with Crippen LogP contribution in [0.5, 0.6) is 5.75 Å². The van der Waals surface area contributed by atoms with Crippen LogP contribution in [0.15, 0.2) is 77.9 Å². The molecule has 0 aliphatic heterocycles. The molecule has 0 fully saturated rings. The van der Waals surface area contributed by atoms with Gasteiger partial charge in [-0.1, -0.05) is 41.4 Å². The van der Waals surface area contributed by atoms with Gasteiger partial charge in [0.25, 0.3) is 5.91 Å². The minimum atomic E-state index is -0.380. The third-order valence-corrected chi connectivity index (χ3v) is 4.99. The van der Waals surface area contributed by atoms with E-state index in [0.717, 1.165) is 5.56 Å². The van der Waals surface area contributed by atoms with Crippen molar-refractivity contribution in [3.05, 3.63) is 94.0 Å². The number of rotatable bonds is 4. The summed E-state index contributed by atoms with van der Waals surface area (Å²) in [6.07, 6.45) is 1.50. The van der Waals surface area contributed by atoms with Crippen LogP contribution in [0, 0.1) is 0 Å². The van der Waals surface area contributed by atoms with Crippen LogP contribution in [0.4, 0.5) is 0 Å². The fraction of sp³-hybridized carbons (Fsp3) is 0. The van der Waals surface area contributed by atoms with Gasteiger partial charge in [-0.3, -0.25) is 4.79 Å². The summed E-state index contributed by atoms with van der Waals surface area (Å²) < 4.78 is 0. The molecule has 0 bridgehead atoms. The Kier molecular flexibility index (Phi) is 5.65. The summed E-state index contributed by atoms with van der Waals surface area (Å²) >= 11 is 12.3. The van der Waals surface area contributed by atoms with Gasteiger partial charge in [0.1, 0.15) is 5.75 Å². The van der Waals surface area contributed by atoms with Crippen LogP contribution < -0.4 is 5.43 Å². The Morgan fingerprint density at radius 3 is 2.53 bits per heavy atom. The summed E-state index contributed by atoms with van der Waals surface area (Å²) in [6.45, 7) is 0. The normalized spacial score (nSPS) is 11.1. The van der Waals surface area contributed by atoms with Crippen LogP contribution in [0.3, 0.4) is 0 Å². The van der Waals surface area contributed by atoms with Gasteiger partial charge in [0, 0.05) is 16.0 Å². The highest BCUT2D eigenvalue weighted by molar-refractivity contribution is 6.36. The van der Waals surface area contributed by atoms with E-state index in [4.69, 9.17) is 23.2 Å². The average Bonchev–Trinajstić information content (AvgIpc) is 2.74. The maximum absolute atomic E-state index is 12.9. The van der Waals surface area contributed by atoms with Crippen LogP contribution >= 0.6 is 23.2 Å². The largest absolute Gasteiger partial charge is 0.508 e. The molecule has 148 valence electrons. The number of carbonyl (C=O) groups excluding carboxylic acids is 1. The molecule has 1 aromatic heterocycles. The van der Waals surface area contributed by atoms with E-state index in [0.29, 0.717) is 37.8 Å². The molecular formula is C23H15Cl2N3O2. The van der Waals surface area contributed by atoms with Crippen molar-refractivity contribution in [3.8, 4) is 17.0 Å². The Morgan fingerprint density at radius 2 is 1.77 bits per heavy atom. The molecule has 1 heterocycles. The number of nitrogens with zero attached hydrogens (tertiary/aromatic N) is 2. The highest BCUT2D eigenvalue weighted by Crippen LogP contribution is 2.31. The fourth-order valence-corrected chi connectivity index (χ4v) is 3.49. The molecular weight excluding hydrogens is 421 g/mol. The molecule has 4 rings (SSSR count). The van der Waals surface area contributed by atoms with Gasteiger partial charge in [0.15, 0.2) is 0 Å². The van der Waals surface area contributed by atoms with Gasteiger partial charge in [-0.25, -0.2) is 10.4 Å². The van der Waals surface area contributed by atoms with Gasteiger partial charge in [0.2, 0.25) is 0 Å². The fourth-order valence-electron chi connectivity index (χ4n) is 2.98. The molecule has 0 aliphatic carbocycles. The van der Waals surface area contributed by atoms with Crippen molar-refractivity contribution < 1.29 is 9.90 Å². The molecule has 0 spiro atoms. The van der Waals surface area contributed by atoms with Crippen LogP contribution in [-0.2, 0) is 0 Å². The van der Waals surface area contributed by atoms with E-state index in [1.54, 1.807) is 48.5 Å². The molecule has 0 radical (unpaired) electrons. The second-order valence-corrected chi connectivity index (χ2v) is 7.33. The molecule has 0 saturated carbocycles. The second-order valence-electron chi connectivity index (χ2n) is 6.49. The zero-order valence-corrected chi connectivity index (χ0v) is 17.0. The summed E-state index contributed by atoms with van der Waals surface area (Å²) in [4.78, 5) is 17.5. The number of halogens is 2. The van der Waals surface area contributed by atoms with Gasteiger partial charge >= 0.3 is 0 Å². The van der Waals surface area contributed by atoms with E-state index in [1.165, 1.54) is 6.21 Å². The predicted octanol–water partition coefficient (Wildman–Crippen LogP) is 5.68. The molecule has 4 aromatic rings. The van der Waals surface area contributed by atoms with Crippen molar-refractivity contribution in [1.82, 2.24) is 10.4 Å². The van der Waals surface area contributed by atoms with Crippen molar-refractivity contribution in [2.24, 2.45) is 5.10 Å². The summed E-state index contributed by atoms with van der Waals surface area (Å²) in [5.41, 5.74) is 5.59. The van der Waals surface area contributed by atoms with Crippen LogP contribution in [-0.4, -0.2) is 22.2 Å². The number of benzene rings is 3. The quantitative estimate of drug-likeness (QED) is 0.319. The highest BCUT2D eigenvalue weighted by Gasteiger charge is 2.15. The van der Waals surface area contributed by atoms with E-state index in [2.05, 4.69) is 15.5 Å². The summed E-state index contributed by atoms with van der Waals surface area (Å²) in [5.74, 6) is -0.220. The summed E-state index contributed by atoms with van der Waals surface area (Å²) in [7, 11) is 0. The van der Waals surface area contributed by atoms with E-state index in [-0.39, 0.29) is 11.7 Å². The number of amides is 1. The number of carbonyl (C=O) groups is 1.